The number of methoxy groups -OCH3 is 1. The Hall–Kier alpha value is -2.32. The molecule has 0 spiro atoms. The lowest BCUT2D eigenvalue weighted by molar-refractivity contribution is 0.0940. The maximum absolute atomic E-state index is 12.9. The van der Waals surface area contributed by atoms with Crippen LogP contribution in [0.3, 0.4) is 0 Å². The van der Waals surface area contributed by atoms with Crippen LogP contribution in [0.25, 0.3) is 5.69 Å². The molecule has 0 aliphatic carbocycles. The lowest BCUT2D eigenvalue weighted by atomic mass is 10.3. The van der Waals surface area contributed by atoms with Crippen molar-refractivity contribution in [3.8, 4) is 5.69 Å². The van der Waals surface area contributed by atoms with Crippen LogP contribution in [0, 0.1) is 5.82 Å². The Labute approximate surface area is 126 Å². The fourth-order valence-corrected chi connectivity index (χ4v) is 1.81. The van der Waals surface area contributed by atoms with Crippen LogP contribution < -0.4 is 5.32 Å². The Bertz CT molecular complexity index is 628. The molecule has 1 amide bonds. The zero-order chi connectivity index (χ0) is 15.9. The molecule has 0 aliphatic rings. The molecular formula is C14H17FN4O3. The summed E-state index contributed by atoms with van der Waals surface area (Å²) in [5.41, 5.74) is 0.701. The van der Waals surface area contributed by atoms with Crippen molar-refractivity contribution in [1.29, 1.82) is 0 Å². The summed E-state index contributed by atoms with van der Waals surface area (Å²) in [4.78, 5) is 13.2. The van der Waals surface area contributed by atoms with E-state index in [0.717, 1.165) is 0 Å². The van der Waals surface area contributed by atoms with Crippen LogP contribution in [0.1, 0.15) is 22.6 Å². The zero-order valence-electron chi connectivity index (χ0n) is 12.1. The molecule has 1 heterocycles. The van der Waals surface area contributed by atoms with E-state index in [9.17, 15) is 14.3 Å². The van der Waals surface area contributed by atoms with Crippen molar-refractivity contribution >= 4 is 5.91 Å². The molecule has 8 heteroatoms. The maximum Gasteiger partial charge on any atom is 0.273 e. The van der Waals surface area contributed by atoms with Crippen LogP contribution in [-0.4, -0.2) is 46.3 Å². The smallest absolute Gasteiger partial charge is 0.273 e. The summed E-state index contributed by atoms with van der Waals surface area (Å²) in [6, 6.07) is 5.50. The van der Waals surface area contributed by atoms with Gasteiger partial charge in [-0.15, -0.1) is 10.2 Å². The molecule has 2 rings (SSSR count). The molecular weight excluding hydrogens is 291 g/mol. The van der Waals surface area contributed by atoms with Crippen LogP contribution in [0.15, 0.2) is 24.3 Å². The third kappa shape index (κ3) is 3.86. The van der Waals surface area contributed by atoms with Crippen molar-refractivity contribution in [2.75, 3.05) is 20.3 Å². The van der Waals surface area contributed by atoms with Gasteiger partial charge in [-0.2, -0.15) is 4.80 Å². The number of aliphatic hydroxyl groups excluding tert-OH is 1. The molecule has 0 saturated heterocycles. The van der Waals surface area contributed by atoms with Crippen molar-refractivity contribution in [3.63, 3.8) is 0 Å². The molecule has 2 N–H and O–H groups in total. The van der Waals surface area contributed by atoms with Gasteiger partial charge in [-0.05, 0) is 30.7 Å². The van der Waals surface area contributed by atoms with Crippen LogP contribution in [0.2, 0.25) is 0 Å². The van der Waals surface area contributed by atoms with E-state index < -0.39 is 12.5 Å². The average Bonchev–Trinajstić information content (AvgIpc) is 2.96. The van der Waals surface area contributed by atoms with E-state index in [-0.39, 0.29) is 17.2 Å². The van der Waals surface area contributed by atoms with E-state index in [1.54, 1.807) is 7.11 Å². The quantitative estimate of drug-likeness (QED) is 0.734. The number of hydrogen-bond acceptors (Lipinski definition) is 5. The minimum absolute atomic E-state index is 0.0456. The van der Waals surface area contributed by atoms with Crippen LogP contribution >= 0.6 is 0 Å². The first-order chi connectivity index (χ1) is 10.7. The average molecular weight is 308 g/mol. The van der Waals surface area contributed by atoms with Gasteiger partial charge in [0.1, 0.15) is 11.5 Å². The number of aromatic nitrogens is 3. The minimum Gasteiger partial charge on any atom is -0.390 e. The van der Waals surface area contributed by atoms with Gasteiger partial charge in [0.15, 0.2) is 5.69 Å². The van der Waals surface area contributed by atoms with Gasteiger partial charge < -0.3 is 15.2 Å². The number of carbonyl (C=O) groups excluding carboxylic acids is 1. The van der Waals surface area contributed by atoms with E-state index in [1.165, 1.54) is 29.1 Å². The number of nitrogens with one attached hydrogen (secondary N) is 1. The second kappa shape index (κ2) is 7.62. The first-order valence-electron chi connectivity index (χ1n) is 6.76. The Morgan fingerprint density at radius 3 is 2.73 bits per heavy atom. The molecule has 2 aromatic rings. The summed E-state index contributed by atoms with van der Waals surface area (Å²) < 4.78 is 17.8. The number of nitrogens with zero attached hydrogens (tertiary/aromatic N) is 3. The van der Waals surface area contributed by atoms with Crippen LogP contribution in [0.4, 0.5) is 4.39 Å². The monoisotopic (exact) mass is 308 g/mol. The van der Waals surface area contributed by atoms with E-state index in [1.807, 2.05) is 0 Å². The summed E-state index contributed by atoms with van der Waals surface area (Å²) >= 11 is 0. The van der Waals surface area contributed by atoms with Crippen molar-refractivity contribution < 1.29 is 19.0 Å². The Kier molecular flexibility index (Phi) is 5.56. The van der Waals surface area contributed by atoms with Crippen molar-refractivity contribution in [2.24, 2.45) is 0 Å². The van der Waals surface area contributed by atoms with Crippen LogP contribution in [0.5, 0.6) is 0 Å². The van der Waals surface area contributed by atoms with Gasteiger partial charge in [-0.25, -0.2) is 4.39 Å². The van der Waals surface area contributed by atoms with Crippen molar-refractivity contribution in [3.05, 3.63) is 41.5 Å². The highest BCUT2D eigenvalue weighted by Crippen LogP contribution is 2.10. The number of rotatable bonds is 7. The molecule has 0 fully saturated rings. The summed E-state index contributed by atoms with van der Waals surface area (Å²) in [6.07, 6.45) is 0.669. The zero-order valence-corrected chi connectivity index (χ0v) is 12.1. The fraction of sp³-hybridized carbons (Fsp3) is 0.357. The first kappa shape index (κ1) is 16.1. The first-order valence-corrected chi connectivity index (χ1v) is 6.76. The standard InChI is InChI=1S/C14H17FN4O3/c1-22-8-2-7-16-14(21)13-12(9-20)17-19(18-13)11-5-3-10(15)4-6-11/h3-6,20H,2,7-9H2,1H3,(H,16,21). The second-order valence-corrected chi connectivity index (χ2v) is 4.52. The highest BCUT2D eigenvalue weighted by atomic mass is 19.1. The van der Waals surface area contributed by atoms with E-state index in [2.05, 4.69) is 15.5 Å². The minimum atomic E-state index is -0.423. The third-order valence-corrected chi connectivity index (χ3v) is 2.92. The summed E-state index contributed by atoms with van der Waals surface area (Å²) in [7, 11) is 1.58. The van der Waals surface area contributed by atoms with Crippen molar-refractivity contribution in [2.45, 2.75) is 13.0 Å². The normalized spacial score (nSPS) is 10.7. The predicted octanol–water partition coefficient (Wildman–Crippen LogP) is 0.665. The number of aliphatic hydroxyl groups is 1. The van der Waals surface area contributed by atoms with E-state index in [0.29, 0.717) is 25.3 Å². The molecule has 118 valence electrons. The number of halogens is 1. The SMILES string of the molecule is COCCCNC(=O)c1nn(-c2ccc(F)cc2)nc1CO. The molecule has 1 aromatic carbocycles. The maximum atomic E-state index is 12.9. The Morgan fingerprint density at radius 2 is 2.09 bits per heavy atom. The summed E-state index contributed by atoms with van der Waals surface area (Å²) in [5, 5.41) is 20.1. The lowest BCUT2D eigenvalue weighted by Crippen LogP contribution is -2.26. The van der Waals surface area contributed by atoms with Crippen LogP contribution in [-0.2, 0) is 11.3 Å². The van der Waals surface area contributed by atoms with Gasteiger partial charge in [0, 0.05) is 20.3 Å². The largest absolute Gasteiger partial charge is 0.390 e. The molecule has 0 atom stereocenters. The third-order valence-electron chi connectivity index (χ3n) is 2.92. The predicted molar refractivity (Wildman–Crippen MR) is 76.1 cm³/mol. The van der Waals surface area contributed by atoms with Gasteiger partial charge in [0.05, 0.1) is 12.3 Å². The number of hydrogen-bond donors (Lipinski definition) is 2. The van der Waals surface area contributed by atoms with E-state index >= 15 is 0 Å². The molecule has 0 aliphatic heterocycles. The molecule has 0 radical (unpaired) electrons. The van der Waals surface area contributed by atoms with Crippen molar-refractivity contribution in [1.82, 2.24) is 20.3 Å². The molecule has 7 nitrogen and oxygen atoms in total. The molecule has 0 unspecified atom stereocenters. The summed E-state index contributed by atoms with van der Waals surface area (Å²) in [6.45, 7) is 0.554. The van der Waals surface area contributed by atoms with Gasteiger partial charge in [-0.3, -0.25) is 4.79 Å². The topological polar surface area (TPSA) is 89.3 Å². The van der Waals surface area contributed by atoms with Gasteiger partial charge >= 0.3 is 0 Å². The second-order valence-electron chi connectivity index (χ2n) is 4.52. The van der Waals surface area contributed by atoms with Gasteiger partial charge in [0.25, 0.3) is 5.91 Å². The highest BCUT2D eigenvalue weighted by molar-refractivity contribution is 5.93. The molecule has 1 aromatic heterocycles. The Balaban J connectivity index is 2.14. The number of ether oxygens (including phenoxy) is 1. The summed E-state index contributed by atoms with van der Waals surface area (Å²) in [5.74, 6) is -0.803. The molecule has 0 saturated carbocycles. The number of benzene rings is 1. The van der Waals surface area contributed by atoms with Gasteiger partial charge in [-0.1, -0.05) is 0 Å². The lowest BCUT2D eigenvalue weighted by Gasteiger charge is -2.02. The highest BCUT2D eigenvalue weighted by Gasteiger charge is 2.18. The number of amides is 1. The molecule has 0 bridgehead atoms. The fourth-order valence-electron chi connectivity index (χ4n) is 1.81. The Morgan fingerprint density at radius 1 is 1.36 bits per heavy atom. The number of carbonyl (C=O) groups is 1. The van der Waals surface area contributed by atoms with E-state index in [4.69, 9.17) is 4.74 Å². The van der Waals surface area contributed by atoms with Gasteiger partial charge in [0.2, 0.25) is 0 Å². The molecule has 22 heavy (non-hydrogen) atoms.